The molecule has 0 unspecified atom stereocenters. The second-order valence-corrected chi connectivity index (χ2v) is 5.77. The Morgan fingerprint density at radius 2 is 1.96 bits per heavy atom. The van der Waals surface area contributed by atoms with Gasteiger partial charge in [0.15, 0.2) is 0 Å². The predicted molar refractivity (Wildman–Crippen MR) is 81.8 cm³/mol. The number of aromatic nitrogens is 2. The number of hydrogen-bond acceptors (Lipinski definition) is 3. The maximum atomic E-state index is 12.9. The molecule has 1 aliphatic rings. The summed E-state index contributed by atoms with van der Waals surface area (Å²) in [6.07, 6.45) is 6.68. The fourth-order valence-corrected chi connectivity index (χ4v) is 2.88. The Kier molecular flexibility index (Phi) is 4.50. The lowest BCUT2D eigenvalue weighted by Crippen LogP contribution is -2.32. The van der Waals surface area contributed by atoms with E-state index in [4.69, 9.17) is 0 Å². The zero-order chi connectivity index (χ0) is 16.2. The number of carbonyl (C=O) groups is 2. The third-order valence-corrected chi connectivity index (χ3v) is 4.09. The minimum Gasteiger partial charge on any atom is -0.337 e. The van der Waals surface area contributed by atoms with Gasteiger partial charge in [-0.05, 0) is 30.5 Å². The number of benzene rings is 1. The number of imide groups is 1. The van der Waals surface area contributed by atoms with E-state index in [-0.39, 0.29) is 30.0 Å². The van der Waals surface area contributed by atoms with E-state index in [1.165, 1.54) is 17.0 Å². The standard InChI is InChI=1S/C17H18FN3O2/c18-15-4-2-13(3-5-15)10-14-11-16(22)21(17(14)23)8-1-7-20-9-6-19-12-20/h2-6,9,12,14H,1,7-8,10-11H2/t14-/m0/s1. The van der Waals surface area contributed by atoms with E-state index in [0.717, 1.165) is 12.1 Å². The Labute approximate surface area is 133 Å². The van der Waals surface area contributed by atoms with Crippen molar-refractivity contribution in [2.45, 2.75) is 25.8 Å². The highest BCUT2D eigenvalue weighted by Crippen LogP contribution is 2.24. The molecular formula is C17H18FN3O2. The first-order chi connectivity index (χ1) is 11.1. The normalized spacial score (nSPS) is 18.0. The SMILES string of the molecule is O=C1C[C@H](Cc2ccc(F)cc2)C(=O)N1CCCn1ccnc1. The lowest BCUT2D eigenvalue weighted by atomic mass is 9.98. The monoisotopic (exact) mass is 315 g/mol. The average Bonchev–Trinajstić information content (AvgIpc) is 3.13. The highest BCUT2D eigenvalue weighted by atomic mass is 19.1. The summed E-state index contributed by atoms with van der Waals surface area (Å²) in [5.41, 5.74) is 0.873. The van der Waals surface area contributed by atoms with Gasteiger partial charge in [0.1, 0.15) is 5.82 Å². The number of aryl methyl sites for hydroxylation is 1. The molecular weight excluding hydrogens is 297 g/mol. The van der Waals surface area contributed by atoms with Gasteiger partial charge in [0.05, 0.1) is 12.2 Å². The highest BCUT2D eigenvalue weighted by Gasteiger charge is 2.37. The van der Waals surface area contributed by atoms with Crippen molar-refractivity contribution in [1.29, 1.82) is 0 Å². The molecule has 0 saturated carbocycles. The van der Waals surface area contributed by atoms with Crippen molar-refractivity contribution < 1.29 is 14.0 Å². The van der Waals surface area contributed by atoms with Crippen molar-refractivity contribution in [3.05, 3.63) is 54.4 Å². The summed E-state index contributed by atoms with van der Waals surface area (Å²) >= 11 is 0. The number of amides is 2. The molecule has 1 fully saturated rings. The minimum absolute atomic E-state index is 0.118. The van der Waals surface area contributed by atoms with Crippen LogP contribution in [0.1, 0.15) is 18.4 Å². The molecule has 6 heteroatoms. The highest BCUT2D eigenvalue weighted by molar-refractivity contribution is 6.03. The van der Waals surface area contributed by atoms with Crippen LogP contribution in [0.4, 0.5) is 4.39 Å². The lowest BCUT2D eigenvalue weighted by Gasteiger charge is -2.15. The van der Waals surface area contributed by atoms with Crippen LogP contribution in [-0.4, -0.2) is 32.8 Å². The third-order valence-electron chi connectivity index (χ3n) is 4.09. The molecule has 23 heavy (non-hydrogen) atoms. The second-order valence-electron chi connectivity index (χ2n) is 5.77. The molecule has 1 aromatic heterocycles. The minimum atomic E-state index is -0.332. The van der Waals surface area contributed by atoms with Crippen LogP contribution in [0.2, 0.25) is 0 Å². The van der Waals surface area contributed by atoms with Gasteiger partial charge in [-0.15, -0.1) is 0 Å². The van der Waals surface area contributed by atoms with Crippen molar-refractivity contribution in [2.75, 3.05) is 6.54 Å². The number of likely N-dealkylation sites (tertiary alicyclic amines) is 1. The van der Waals surface area contributed by atoms with E-state index in [0.29, 0.717) is 19.4 Å². The van der Waals surface area contributed by atoms with Gasteiger partial charge in [0.2, 0.25) is 11.8 Å². The van der Waals surface area contributed by atoms with Gasteiger partial charge in [-0.25, -0.2) is 9.37 Å². The van der Waals surface area contributed by atoms with E-state index in [2.05, 4.69) is 4.98 Å². The molecule has 0 spiro atoms. The molecule has 2 amide bonds. The van der Waals surface area contributed by atoms with Gasteiger partial charge in [-0.1, -0.05) is 12.1 Å². The maximum absolute atomic E-state index is 12.9. The molecule has 5 nitrogen and oxygen atoms in total. The largest absolute Gasteiger partial charge is 0.337 e. The smallest absolute Gasteiger partial charge is 0.233 e. The molecule has 0 radical (unpaired) electrons. The Bertz CT molecular complexity index is 682. The molecule has 3 rings (SSSR count). The van der Waals surface area contributed by atoms with Crippen LogP contribution in [0.25, 0.3) is 0 Å². The van der Waals surface area contributed by atoms with E-state index >= 15 is 0 Å². The molecule has 1 atom stereocenters. The first kappa shape index (κ1) is 15.4. The quantitative estimate of drug-likeness (QED) is 0.767. The topological polar surface area (TPSA) is 55.2 Å². The first-order valence-electron chi connectivity index (χ1n) is 7.68. The zero-order valence-electron chi connectivity index (χ0n) is 12.7. The van der Waals surface area contributed by atoms with Crippen LogP contribution in [0.5, 0.6) is 0 Å². The summed E-state index contributed by atoms with van der Waals surface area (Å²) in [6, 6.07) is 6.07. The summed E-state index contributed by atoms with van der Waals surface area (Å²) in [5.74, 6) is -0.873. The molecule has 2 heterocycles. The fraction of sp³-hybridized carbons (Fsp3) is 0.353. The van der Waals surface area contributed by atoms with Gasteiger partial charge in [0.25, 0.3) is 0 Å². The van der Waals surface area contributed by atoms with Crippen molar-refractivity contribution >= 4 is 11.8 Å². The zero-order valence-corrected chi connectivity index (χ0v) is 12.7. The molecule has 0 bridgehead atoms. The molecule has 2 aromatic rings. The van der Waals surface area contributed by atoms with Crippen molar-refractivity contribution in [3.63, 3.8) is 0 Å². The van der Waals surface area contributed by atoms with Crippen LogP contribution in [0.15, 0.2) is 43.0 Å². The van der Waals surface area contributed by atoms with Crippen molar-refractivity contribution in [3.8, 4) is 0 Å². The molecule has 1 aliphatic heterocycles. The summed E-state index contributed by atoms with van der Waals surface area (Å²) < 4.78 is 14.8. The van der Waals surface area contributed by atoms with E-state index in [1.54, 1.807) is 24.7 Å². The Morgan fingerprint density at radius 3 is 2.65 bits per heavy atom. The molecule has 1 aromatic carbocycles. The van der Waals surface area contributed by atoms with E-state index < -0.39 is 0 Å². The number of carbonyl (C=O) groups excluding carboxylic acids is 2. The summed E-state index contributed by atoms with van der Waals surface area (Å²) in [7, 11) is 0. The van der Waals surface area contributed by atoms with E-state index in [9.17, 15) is 14.0 Å². The van der Waals surface area contributed by atoms with Crippen LogP contribution in [0.3, 0.4) is 0 Å². The van der Waals surface area contributed by atoms with Gasteiger partial charge in [0, 0.05) is 31.9 Å². The summed E-state index contributed by atoms with van der Waals surface area (Å²) in [5, 5.41) is 0. The Balaban J connectivity index is 1.55. The molecule has 0 aliphatic carbocycles. The molecule has 120 valence electrons. The molecule has 0 N–H and O–H groups in total. The summed E-state index contributed by atoms with van der Waals surface area (Å²) in [4.78, 5) is 29.8. The number of halogens is 1. The number of hydrogen-bond donors (Lipinski definition) is 0. The third kappa shape index (κ3) is 3.64. The Morgan fingerprint density at radius 1 is 1.17 bits per heavy atom. The maximum Gasteiger partial charge on any atom is 0.233 e. The second kappa shape index (κ2) is 6.73. The van der Waals surface area contributed by atoms with Crippen LogP contribution < -0.4 is 0 Å². The Hall–Kier alpha value is -2.50. The molecule has 1 saturated heterocycles. The average molecular weight is 315 g/mol. The van der Waals surface area contributed by atoms with Crippen LogP contribution >= 0.6 is 0 Å². The first-order valence-corrected chi connectivity index (χ1v) is 7.68. The van der Waals surface area contributed by atoms with Gasteiger partial charge in [-0.2, -0.15) is 0 Å². The van der Waals surface area contributed by atoms with Gasteiger partial charge >= 0.3 is 0 Å². The van der Waals surface area contributed by atoms with Crippen LogP contribution in [-0.2, 0) is 22.6 Å². The number of imidazole rings is 1. The van der Waals surface area contributed by atoms with E-state index in [1.807, 2.05) is 10.8 Å². The van der Waals surface area contributed by atoms with Gasteiger partial charge in [-0.3, -0.25) is 14.5 Å². The number of nitrogens with zero attached hydrogens (tertiary/aromatic N) is 3. The fourth-order valence-electron chi connectivity index (χ4n) is 2.88. The van der Waals surface area contributed by atoms with Crippen LogP contribution in [0, 0.1) is 11.7 Å². The van der Waals surface area contributed by atoms with Gasteiger partial charge < -0.3 is 4.57 Å². The number of rotatable bonds is 6. The predicted octanol–water partition coefficient (Wildman–Crippen LogP) is 2.03. The summed E-state index contributed by atoms with van der Waals surface area (Å²) in [6.45, 7) is 1.15. The lowest BCUT2D eigenvalue weighted by molar-refractivity contribution is -0.139. The van der Waals surface area contributed by atoms with Crippen molar-refractivity contribution in [2.24, 2.45) is 5.92 Å². The van der Waals surface area contributed by atoms with Crippen molar-refractivity contribution in [1.82, 2.24) is 14.5 Å².